The van der Waals surface area contributed by atoms with Crippen molar-refractivity contribution in [3.8, 4) is 0 Å². The summed E-state index contributed by atoms with van der Waals surface area (Å²) >= 11 is 0. The van der Waals surface area contributed by atoms with Crippen LogP contribution >= 0.6 is 0 Å². The molecule has 16 heavy (non-hydrogen) atoms. The molecule has 7 nitrogen and oxygen atoms in total. The third kappa shape index (κ3) is 4.44. The van der Waals surface area contributed by atoms with Gasteiger partial charge in [-0.1, -0.05) is 6.92 Å². The number of nitrogens with one attached hydrogen (secondary N) is 1. The summed E-state index contributed by atoms with van der Waals surface area (Å²) in [5.41, 5.74) is 0. The van der Waals surface area contributed by atoms with Crippen molar-refractivity contribution >= 4 is 16.2 Å². The fourth-order valence-corrected chi connectivity index (χ4v) is 2.25. The van der Waals surface area contributed by atoms with E-state index in [1.54, 1.807) is 6.92 Å². The molecular weight excluding hydrogens is 236 g/mol. The Labute approximate surface area is 95.6 Å². The number of likely N-dealkylation sites (N-methyl/N-ethyl adjacent to an activating group) is 1. The molecule has 0 saturated carbocycles. The highest BCUT2D eigenvalue weighted by Crippen LogP contribution is 2.06. The minimum atomic E-state index is -3.77. The van der Waals surface area contributed by atoms with Crippen molar-refractivity contribution in [2.75, 3.05) is 27.3 Å². The third-order valence-corrected chi connectivity index (χ3v) is 3.66. The molecule has 0 aromatic carbocycles. The number of nitrogens with zero attached hydrogens (tertiary/aromatic N) is 1. The Morgan fingerprint density at radius 1 is 1.56 bits per heavy atom. The number of hydrogen-bond donors (Lipinski definition) is 2. The maximum Gasteiger partial charge on any atom is 0.322 e. The van der Waals surface area contributed by atoms with E-state index in [0.29, 0.717) is 0 Å². The molecule has 0 fully saturated rings. The van der Waals surface area contributed by atoms with Crippen LogP contribution in [0.3, 0.4) is 0 Å². The first-order chi connectivity index (χ1) is 7.36. The Kier molecular flexibility index (Phi) is 6.49. The lowest BCUT2D eigenvalue weighted by molar-refractivity contribution is -0.141. The molecule has 0 saturated heterocycles. The van der Waals surface area contributed by atoms with Gasteiger partial charge in [0.05, 0.1) is 6.61 Å². The number of ether oxygens (including phenoxy) is 1. The van der Waals surface area contributed by atoms with Gasteiger partial charge < -0.3 is 9.84 Å². The molecule has 2 N–H and O–H groups in total. The molecular formula is C8H18N2O5S. The monoisotopic (exact) mass is 254 g/mol. The summed E-state index contributed by atoms with van der Waals surface area (Å²) in [6, 6.07) is -1.06. The summed E-state index contributed by atoms with van der Waals surface area (Å²) in [4.78, 5) is 10.8. The fraction of sp³-hybridized carbons (Fsp3) is 0.875. The molecule has 8 heteroatoms. The Hall–Kier alpha value is -0.700. The minimum Gasteiger partial charge on any atom is -0.480 e. The maximum absolute atomic E-state index is 11.6. The predicted molar refractivity (Wildman–Crippen MR) is 58.3 cm³/mol. The maximum atomic E-state index is 11.6. The van der Waals surface area contributed by atoms with Crippen LogP contribution in [0, 0.1) is 0 Å². The third-order valence-electron chi connectivity index (χ3n) is 2.08. The lowest BCUT2D eigenvalue weighted by atomic mass is 10.2. The summed E-state index contributed by atoms with van der Waals surface area (Å²) in [5.74, 6) is -1.16. The summed E-state index contributed by atoms with van der Waals surface area (Å²) in [6.07, 6.45) is 0.205. The number of hydrogen-bond acceptors (Lipinski definition) is 4. The molecule has 0 heterocycles. The second-order valence-electron chi connectivity index (χ2n) is 3.17. The average molecular weight is 254 g/mol. The molecule has 0 aliphatic carbocycles. The molecule has 0 aromatic rings. The number of carboxylic acids is 1. The van der Waals surface area contributed by atoms with Gasteiger partial charge in [0.15, 0.2) is 0 Å². The van der Waals surface area contributed by atoms with E-state index in [-0.39, 0.29) is 19.6 Å². The van der Waals surface area contributed by atoms with Crippen molar-refractivity contribution in [2.24, 2.45) is 0 Å². The van der Waals surface area contributed by atoms with Crippen LogP contribution in [0.4, 0.5) is 0 Å². The number of aliphatic carboxylic acids is 1. The zero-order valence-corrected chi connectivity index (χ0v) is 10.5. The van der Waals surface area contributed by atoms with E-state index in [1.807, 2.05) is 0 Å². The summed E-state index contributed by atoms with van der Waals surface area (Å²) in [6.45, 7) is 1.95. The smallest absolute Gasteiger partial charge is 0.322 e. The predicted octanol–water partition coefficient (Wildman–Crippen LogP) is -0.738. The molecule has 96 valence electrons. The first-order valence-corrected chi connectivity index (χ1v) is 6.25. The second-order valence-corrected chi connectivity index (χ2v) is 4.99. The van der Waals surface area contributed by atoms with E-state index in [4.69, 9.17) is 5.11 Å². The zero-order chi connectivity index (χ0) is 12.8. The number of methoxy groups -OCH3 is 1. The molecule has 1 atom stereocenters. The Morgan fingerprint density at radius 3 is 2.50 bits per heavy atom. The molecule has 1 unspecified atom stereocenters. The average Bonchev–Trinajstić information content (AvgIpc) is 2.18. The van der Waals surface area contributed by atoms with Crippen LogP contribution < -0.4 is 4.72 Å². The fourth-order valence-electron chi connectivity index (χ4n) is 1.13. The zero-order valence-electron chi connectivity index (χ0n) is 9.63. The van der Waals surface area contributed by atoms with Gasteiger partial charge in [-0.05, 0) is 6.42 Å². The molecule has 0 rings (SSSR count). The van der Waals surface area contributed by atoms with Gasteiger partial charge in [0.2, 0.25) is 0 Å². The van der Waals surface area contributed by atoms with E-state index >= 15 is 0 Å². The first-order valence-electron chi connectivity index (χ1n) is 4.81. The lowest BCUT2D eigenvalue weighted by Gasteiger charge is -2.23. The number of carbonyl (C=O) groups is 1. The van der Waals surface area contributed by atoms with E-state index < -0.39 is 22.2 Å². The summed E-state index contributed by atoms with van der Waals surface area (Å²) in [5, 5.41) is 8.82. The van der Waals surface area contributed by atoms with Crippen molar-refractivity contribution in [2.45, 2.75) is 19.4 Å². The van der Waals surface area contributed by atoms with Gasteiger partial charge in [-0.3, -0.25) is 4.79 Å². The summed E-state index contributed by atoms with van der Waals surface area (Å²) < 4.78 is 31.0. The first kappa shape index (κ1) is 15.3. The van der Waals surface area contributed by atoms with Gasteiger partial charge >= 0.3 is 5.97 Å². The van der Waals surface area contributed by atoms with Crippen LogP contribution in [-0.2, 0) is 19.7 Å². The van der Waals surface area contributed by atoms with Crippen molar-refractivity contribution in [1.29, 1.82) is 0 Å². The molecule has 0 amide bonds. The van der Waals surface area contributed by atoms with Gasteiger partial charge in [-0.15, -0.1) is 0 Å². The quantitative estimate of drug-likeness (QED) is 0.556. The molecule has 0 aliphatic rings. The van der Waals surface area contributed by atoms with Gasteiger partial charge in [0.1, 0.15) is 6.04 Å². The standard InChI is InChI=1S/C8H18N2O5S/c1-4-7(8(11)12)10(2)16(13,14)9-5-6-15-3/h7,9H,4-6H2,1-3H3,(H,11,12). The van der Waals surface area contributed by atoms with Crippen molar-refractivity contribution < 1.29 is 23.1 Å². The largest absolute Gasteiger partial charge is 0.480 e. The highest BCUT2D eigenvalue weighted by molar-refractivity contribution is 7.87. The molecule has 0 radical (unpaired) electrons. The Bertz CT molecular complexity index is 316. The Balaban J connectivity index is 4.55. The van der Waals surface area contributed by atoms with Gasteiger partial charge in [0.25, 0.3) is 10.2 Å². The summed E-state index contributed by atoms with van der Waals surface area (Å²) in [7, 11) is -1.08. The lowest BCUT2D eigenvalue weighted by Crippen LogP contribution is -2.47. The minimum absolute atomic E-state index is 0.110. The van der Waals surface area contributed by atoms with Crippen molar-refractivity contribution in [3.63, 3.8) is 0 Å². The van der Waals surface area contributed by atoms with Gasteiger partial charge in [0, 0.05) is 20.7 Å². The SMILES string of the molecule is CCC(C(=O)O)N(C)S(=O)(=O)NCCOC. The van der Waals surface area contributed by atoms with E-state index in [0.717, 1.165) is 4.31 Å². The van der Waals surface area contributed by atoms with Crippen molar-refractivity contribution in [1.82, 2.24) is 9.03 Å². The molecule has 0 aromatic heterocycles. The van der Waals surface area contributed by atoms with Crippen molar-refractivity contribution in [3.05, 3.63) is 0 Å². The van der Waals surface area contributed by atoms with Crippen LogP contribution in [0.5, 0.6) is 0 Å². The van der Waals surface area contributed by atoms with Crippen LogP contribution in [0.25, 0.3) is 0 Å². The molecule has 0 bridgehead atoms. The van der Waals surface area contributed by atoms with E-state index in [9.17, 15) is 13.2 Å². The second kappa shape index (κ2) is 6.79. The van der Waals surface area contributed by atoms with Gasteiger partial charge in [-0.25, -0.2) is 0 Å². The van der Waals surface area contributed by atoms with Crippen LogP contribution in [0.2, 0.25) is 0 Å². The topological polar surface area (TPSA) is 95.9 Å². The number of carboxylic acid groups (broad SMARTS) is 1. The van der Waals surface area contributed by atoms with E-state index in [2.05, 4.69) is 9.46 Å². The van der Waals surface area contributed by atoms with Crippen LogP contribution in [-0.4, -0.2) is 57.1 Å². The highest BCUT2D eigenvalue weighted by Gasteiger charge is 2.29. The van der Waals surface area contributed by atoms with Gasteiger partial charge in [-0.2, -0.15) is 17.4 Å². The highest BCUT2D eigenvalue weighted by atomic mass is 32.2. The van der Waals surface area contributed by atoms with Crippen LogP contribution in [0.15, 0.2) is 0 Å². The van der Waals surface area contributed by atoms with Crippen LogP contribution in [0.1, 0.15) is 13.3 Å². The molecule has 0 spiro atoms. The normalized spacial score (nSPS) is 14.0. The number of rotatable bonds is 8. The molecule has 0 aliphatic heterocycles. The van der Waals surface area contributed by atoms with E-state index in [1.165, 1.54) is 14.2 Å². The Morgan fingerprint density at radius 2 is 2.12 bits per heavy atom.